The summed E-state index contributed by atoms with van der Waals surface area (Å²) in [6.45, 7) is 1.83. The molecular formula is C10H12O2. The predicted molar refractivity (Wildman–Crippen MR) is 47.6 cm³/mol. The molecule has 1 rings (SSSR count). The van der Waals surface area contributed by atoms with Crippen molar-refractivity contribution in [2.75, 3.05) is 6.61 Å². The average molecular weight is 164 g/mol. The van der Waals surface area contributed by atoms with E-state index < -0.39 is 0 Å². The van der Waals surface area contributed by atoms with E-state index in [0.29, 0.717) is 6.61 Å². The minimum absolute atomic E-state index is 0.229. The van der Waals surface area contributed by atoms with E-state index in [-0.39, 0.29) is 5.97 Å². The van der Waals surface area contributed by atoms with Crippen molar-refractivity contribution in [3.8, 4) is 0 Å². The Hall–Kier alpha value is -1.31. The van der Waals surface area contributed by atoms with E-state index >= 15 is 0 Å². The van der Waals surface area contributed by atoms with Crippen molar-refractivity contribution >= 4 is 5.97 Å². The first-order chi connectivity index (χ1) is 5.79. The number of allylic oxidation sites excluding steroid dienone is 5. The number of hydrogen-bond acceptors (Lipinski definition) is 2. The van der Waals surface area contributed by atoms with Gasteiger partial charge in [-0.3, -0.25) is 4.79 Å². The number of rotatable bonds is 2. The molecule has 0 spiro atoms. The van der Waals surface area contributed by atoms with Crippen LogP contribution in [-0.4, -0.2) is 12.6 Å². The van der Waals surface area contributed by atoms with Crippen LogP contribution in [0.1, 0.15) is 13.3 Å². The monoisotopic (exact) mass is 164 g/mol. The van der Waals surface area contributed by atoms with Crippen molar-refractivity contribution in [1.29, 1.82) is 0 Å². The molecule has 0 aromatic carbocycles. The van der Waals surface area contributed by atoms with Crippen LogP contribution in [0.5, 0.6) is 0 Å². The molecule has 2 nitrogen and oxygen atoms in total. The van der Waals surface area contributed by atoms with Gasteiger partial charge in [0.1, 0.15) is 6.61 Å². The zero-order valence-corrected chi connectivity index (χ0v) is 7.12. The molecule has 64 valence electrons. The zero-order chi connectivity index (χ0) is 8.81. The average Bonchev–Trinajstić information content (AvgIpc) is 2.28. The molecule has 0 aromatic rings. The molecule has 0 amide bonds. The number of ether oxygens (including phenoxy) is 1. The highest BCUT2D eigenvalue weighted by Gasteiger charge is 1.98. The Morgan fingerprint density at radius 1 is 1.50 bits per heavy atom. The van der Waals surface area contributed by atoms with Crippen molar-refractivity contribution in [2.45, 2.75) is 13.3 Å². The van der Waals surface area contributed by atoms with Gasteiger partial charge in [-0.2, -0.15) is 0 Å². The highest BCUT2D eigenvalue weighted by atomic mass is 16.5. The largest absolute Gasteiger partial charge is 0.461 e. The van der Waals surface area contributed by atoms with Crippen LogP contribution < -0.4 is 0 Å². The smallest absolute Gasteiger partial charge is 0.302 e. The van der Waals surface area contributed by atoms with Gasteiger partial charge in [0.15, 0.2) is 0 Å². The van der Waals surface area contributed by atoms with Gasteiger partial charge in [-0.1, -0.05) is 30.4 Å². The van der Waals surface area contributed by atoms with Crippen LogP contribution in [0.3, 0.4) is 0 Å². The van der Waals surface area contributed by atoms with Crippen molar-refractivity contribution in [2.24, 2.45) is 0 Å². The summed E-state index contributed by atoms with van der Waals surface area (Å²) < 4.78 is 4.86. The lowest BCUT2D eigenvalue weighted by Gasteiger charge is -2.02. The maximum absolute atomic E-state index is 10.5. The fourth-order valence-electron chi connectivity index (χ4n) is 0.923. The lowest BCUT2D eigenvalue weighted by Crippen LogP contribution is -2.02. The maximum atomic E-state index is 10.5. The van der Waals surface area contributed by atoms with E-state index in [1.165, 1.54) is 6.92 Å². The molecule has 0 radical (unpaired) electrons. The van der Waals surface area contributed by atoms with Crippen LogP contribution in [-0.2, 0) is 9.53 Å². The summed E-state index contributed by atoms with van der Waals surface area (Å²) >= 11 is 0. The van der Waals surface area contributed by atoms with Gasteiger partial charge in [-0.05, 0) is 12.0 Å². The van der Waals surface area contributed by atoms with E-state index in [0.717, 1.165) is 12.0 Å². The van der Waals surface area contributed by atoms with Crippen molar-refractivity contribution < 1.29 is 9.53 Å². The third-order valence-electron chi connectivity index (χ3n) is 1.53. The topological polar surface area (TPSA) is 26.3 Å². The summed E-state index contributed by atoms with van der Waals surface area (Å²) in [5, 5.41) is 0. The fourth-order valence-corrected chi connectivity index (χ4v) is 0.923. The van der Waals surface area contributed by atoms with E-state index in [4.69, 9.17) is 4.74 Å². The first-order valence-electron chi connectivity index (χ1n) is 3.93. The van der Waals surface area contributed by atoms with Crippen molar-refractivity contribution in [3.05, 3.63) is 36.0 Å². The van der Waals surface area contributed by atoms with E-state index in [1.54, 1.807) is 0 Å². The Labute approximate surface area is 72.2 Å². The van der Waals surface area contributed by atoms with Gasteiger partial charge >= 0.3 is 5.97 Å². The second-order valence-corrected chi connectivity index (χ2v) is 2.62. The highest BCUT2D eigenvalue weighted by Crippen LogP contribution is 2.07. The number of esters is 1. The van der Waals surface area contributed by atoms with Crippen LogP contribution in [0, 0.1) is 0 Å². The van der Waals surface area contributed by atoms with Gasteiger partial charge in [0.25, 0.3) is 0 Å². The van der Waals surface area contributed by atoms with Gasteiger partial charge in [0, 0.05) is 6.92 Å². The lowest BCUT2D eigenvalue weighted by atomic mass is 10.2. The molecule has 0 N–H and O–H groups in total. The third kappa shape index (κ3) is 3.19. The second kappa shape index (κ2) is 4.54. The highest BCUT2D eigenvalue weighted by molar-refractivity contribution is 5.66. The van der Waals surface area contributed by atoms with Gasteiger partial charge in [-0.25, -0.2) is 0 Å². The van der Waals surface area contributed by atoms with E-state index in [9.17, 15) is 4.79 Å². The Kier molecular flexibility index (Phi) is 3.33. The molecule has 0 aromatic heterocycles. The first-order valence-corrected chi connectivity index (χ1v) is 3.93. The minimum Gasteiger partial charge on any atom is -0.461 e. The SMILES string of the molecule is CC(=O)OCC1=CC=CC=CC1. The van der Waals surface area contributed by atoms with Crippen LogP contribution in [0.2, 0.25) is 0 Å². The Morgan fingerprint density at radius 3 is 3.08 bits per heavy atom. The third-order valence-corrected chi connectivity index (χ3v) is 1.53. The molecule has 0 fully saturated rings. The molecule has 0 saturated carbocycles. The molecule has 12 heavy (non-hydrogen) atoms. The predicted octanol–water partition coefficient (Wildman–Crippen LogP) is 1.99. The molecular weight excluding hydrogens is 152 g/mol. The molecule has 0 saturated heterocycles. The normalized spacial score (nSPS) is 15.2. The number of hydrogen-bond donors (Lipinski definition) is 0. The zero-order valence-electron chi connectivity index (χ0n) is 7.12. The number of carbonyl (C=O) groups excluding carboxylic acids is 1. The van der Waals surface area contributed by atoms with E-state index in [1.807, 2.05) is 30.4 Å². The van der Waals surface area contributed by atoms with Crippen molar-refractivity contribution in [3.63, 3.8) is 0 Å². The molecule has 0 unspecified atom stereocenters. The van der Waals surface area contributed by atoms with Gasteiger partial charge in [0.05, 0.1) is 0 Å². The summed E-state index contributed by atoms with van der Waals surface area (Å²) in [6, 6.07) is 0. The molecule has 0 heterocycles. The second-order valence-electron chi connectivity index (χ2n) is 2.62. The maximum Gasteiger partial charge on any atom is 0.302 e. The molecule has 0 aliphatic heterocycles. The Morgan fingerprint density at radius 2 is 2.33 bits per heavy atom. The molecule has 2 heteroatoms. The molecule has 1 aliphatic carbocycles. The standard InChI is InChI=1S/C10H12O2/c1-9(11)12-8-10-6-4-2-3-5-7-10/h2-6H,7-8H2,1H3. The Balaban J connectivity index is 2.41. The fraction of sp³-hybridized carbons (Fsp3) is 0.300. The lowest BCUT2D eigenvalue weighted by molar-refractivity contribution is -0.140. The van der Waals surface area contributed by atoms with Crippen LogP contribution in [0.25, 0.3) is 0 Å². The Bertz CT molecular complexity index is 247. The summed E-state index contributed by atoms with van der Waals surface area (Å²) in [5.74, 6) is -0.229. The summed E-state index contributed by atoms with van der Waals surface area (Å²) in [4.78, 5) is 10.5. The first kappa shape index (κ1) is 8.78. The molecule has 1 aliphatic rings. The van der Waals surface area contributed by atoms with Crippen LogP contribution in [0.15, 0.2) is 36.0 Å². The molecule has 0 atom stereocenters. The summed E-state index contributed by atoms with van der Waals surface area (Å²) in [6.07, 6.45) is 10.8. The van der Waals surface area contributed by atoms with Gasteiger partial charge < -0.3 is 4.74 Å². The van der Waals surface area contributed by atoms with Crippen LogP contribution >= 0.6 is 0 Å². The van der Waals surface area contributed by atoms with Crippen molar-refractivity contribution in [1.82, 2.24) is 0 Å². The van der Waals surface area contributed by atoms with E-state index in [2.05, 4.69) is 0 Å². The van der Waals surface area contributed by atoms with Gasteiger partial charge in [0.2, 0.25) is 0 Å². The number of carbonyl (C=O) groups is 1. The van der Waals surface area contributed by atoms with Gasteiger partial charge in [-0.15, -0.1) is 0 Å². The molecule has 0 bridgehead atoms. The van der Waals surface area contributed by atoms with Crippen LogP contribution in [0.4, 0.5) is 0 Å². The quantitative estimate of drug-likeness (QED) is 0.583. The summed E-state index contributed by atoms with van der Waals surface area (Å²) in [7, 11) is 0. The minimum atomic E-state index is -0.229. The summed E-state index contributed by atoms with van der Waals surface area (Å²) in [5.41, 5.74) is 1.12.